The lowest BCUT2D eigenvalue weighted by molar-refractivity contribution is -0.146. The summed E-state index contributed by atoms with van der Waals surface area (Å²) >= 11 is 6.89. The Bertz CT molecular complexity index is 443. The number of rotatable bonds is 6. The second kappa shape index (κ2) is 7.56. The molecule has 0 bridgehead atoms. The van der Waals surface area contributed by atoms with Crippen molar-refractivity contribution in [1.82, 2.24) is 0 Å². The Morgan fingerprint density at radius 1 is 1.21 bits per heavy atom. The Labute approximate surface area is 122 Å². The van der Waals surface area contributed by atoms with Crippen molar-refractivity contribution in [2.45, 2.75) is 37.0 Å². The summed E-state index contributed by atoms with van der Waals surface area (Å²) in [7, 11) is 0. The molecule has 0 aliphatic heterocycles. The summed E-state index contributed by atoms with van der Waals surface area (Å²) in [6.07, 6.45) is -0.112. The van der Waals surface area contributed by atoms with Crippen molar-refractivity contribution in [2.75, 3.05) is 5.88 Å². The summed E-state index contributed by atoms with van der Waals surface area (Å²) < 4.78 is 5.13. The number of alkyl halides is 1. The number of benzene rings is 1. The monoisotopic (exact) mass is 300 g/mol. The molecule has 0 heterocycles. The highest BCUT2D eigenvalue weighted by atomic mass is 35.5. The fraction of sp³-hybridized carbons (Fsp3) is 0.429. The molecule has 1 rings (SSSR count). The Morgan fingerprint density at radius 3 is 2.26 bits per heavy atom. The number of hydrogen-bond donors (Lipinski definition) is 0. The van der Waals surface area contributed by atoms with Crippen molar-refractivity contribution in [3.05, 3.63) is 29.8 Å². The first-order chi connectivity index (χ1) is 8.93. The lowest BCUT2D eigenvalue weighted by Gasteiger charge is -2.13. The van der Waals surface area contributed by atoms with Gasteiger partial charge in [-0.2, -0.15) is 0 Å². The van der Waals surface area contributed by atoms with Gasteiger partial charge in [0.25, 0.3) is 0 Å². The maximum absolute atomic E-state index is 11.7. The van der Waals surface area contributed by atoms with Crippen molar-refractivity contribution in [3.8, 4) is 0 Å². The van der Waals surface area contributed by atoms with Crippen LogP contribution in [-0.2, 0) is 9.53 Å². The molecule has 0 aromatic heterocycles. The first kappa shape index (κ1) is 16.1. The number of carbonyl (C=O) groups excluding carboxylic acids is 2. The van der Waals surface area contributed by atoms with Gasteiger partial charge < -0.3 is 4.74 Å². The number of carbonyl (C=O) groups is 2. The van der Waals surface area contributed by atoms with E-state index < -0.39 is 0 Å². The maximum Gasteiger partial charge on any atom is 0.319 e. The number of esters is 1. The van der Waals surface area contributed by atoms with Crippen LogP contribution in [0.1, 0.15) is 31.1 Å². The van der Waals surface area contributed by atoms with Gasteiger partial charge in [0.2, 0.25) is 0 Å². The van der Waals surface area contributed by atoms with Crippen LogP contribution in [0.4, 0.5) is 0 Å². The summed E-state index contributed by atoms with van der Waals surface area (Å²) in [5, 5.41) is -0.281. The molecule has 0 radical (unpaired) electrons. The number of thioether (sulfide) groups is 1. The number of Topliss-reactive ketones (excluding diaryl/α,β-unsaturated/α-hetero) is 1. The van der Waals surface area contributed by atoms with Gasteiger partial charge >= 0.3 is 5.97 Å². The molecule has 1 atom stereocenters. The number of halogens is 1. The van der Waals surface area contributed by atoms with E-state index in [0.29, 0.717) is 5.56 Å². The smallest absolute Gasteiger partial charge is 0.319 e. The van der Waals surface area contributed by atoms with Crippen LogP contribution < -0.4 is 0 Å². The van der Waals surface area contributed by atoms with Gasteiger partial charge in [-0.1, -0.05) is 12.1 Å². The van der Waals surface area contributed by atoms with E-state index in [1.807, 2.05) is 26.0 Å². The second-order valence-electron chi connectivity index (χ2n) is 4.33. The van der Waals surface area contributed by atoms with Gasteiger partial charge in [0.15, 0.2) is 5.78 Å². The summed E-state index contributed by atoms with van der Waals surface area (Å²) in [5.74, 6) is -0.366. The van der Waals surface area contributed by atoms with E-state index >= 15 is 0 Å². The van der Waals surface area contributed by atoms with Crippen LogP contribution in [-0.4, -0.2) is 29.0 Å². The molecular weight excluding hydrogens is 284 g/mol. The van der Waals surface area contributed by atoms with E-state index in [1.54, 1.807) is 19.1 Å². The van der Waals surface area contributed by atoms with Crippen molar-refractivity contribution in [1.29, 1.82) is 0 Å². The molecule has 0 fully saturated rings. The van der Waals surface area contributed by atoms with Crippen LogP contribution in [0.25, 0.3) is 0 Å². The van der Waals surface area contributed by atoms with Gasteiger partial charge in [-0.25, -0.2) is 0 Å². The number of hydrogen-bond acceptors (Lipinski definition) is 4. The highest BCUT2D eigenvalue weighted by molar-refractivity contribution is 8.00. The Kier molecular flexibility index (Phi) is 6.38. The topological polar surface area (TPSA) is 43.4 Å². The Morgan fingerprint density at radius 2 is 1.79 bits per heavy atom. The van der Waals surface area contributed by atoms with E-state index in [1.165, 1.54) is 11.8 Å². The molecule has 0 saturated heterocycles. The highest BCUT2D eigenvalue weighted by Gasteiger charge is 2.17. The predicted octanol–water partition coefficient (Wildman–Crippen LogP) is 3.54. The molecule has 0 saturated carbocycles. The first-order valence-corrected chi connectivity index (χ1v) is 7.41. The van der Waals surface area contributed by atoms with Gasteiger partial charge in [-0.15, -0.1) is 23.4 Å². The van der Waals surface area contributed by atoms with Crippen molar-refractivity contribution in [2.24, 2.45) is 0 Å². The summed E-state index contributed by atoms with van der Waals surface area (Å²) in [6, 6.07) is 7.05. The third-order valence-electron chi connectivity index (χ3n) is 2.29. The minimum atomic E-state index is -0.281. The third kappa shape index (κ3) is 5.25. The molecule has 0 spiro atoms. The van der Waals surface area contributed by atoms with Crippen LogP contribution in [0.2, 0.25) is 0 Å². The zero-order valence-electron chi connectivity index (χ0n) is 11.2. The van der Waals surface area contributed by atoms with Crippen molar-refractivity contribution < 1.29 is 14.3 Å². The van der Waals surface area contributed by atoms with Gasteiger partial charge in [0.1, 0.15) is 5.25 Å². The van der Waals surface area contributed by atoms with E-state index in [-0.39, 0.29) is 29.0 Å². The maximum atomic E-state index is 11.7. The lowest BCUT2D eigenvalue weighted by atomic mass is 10.1. The molecule has 0 amide bonds. The average Bonchev–Trinajstić information content (AvgIpc) is 2.37. The normalized spacial score (nSPS) is 12.3. The largest absolute Gasteiger partial charge is 0.462 e. The molecule has 104 valence electrons. The number of ketones is 1. The molecule has 3 nitrogen and oxygen atoms in total. The summed E-state index contributed by atoms with van der Waals surface area (Å²) in [5.41, 5.74) is 0.580. The molecular formula is C14H17ClO3S. The van der Waals surface area contributed by atoms with Crippen molar-refractivity contribution in [3.63, 3.8) is 0 Å². The minimum Gasteiger partial charge on any atom is -0.462 e. The molecule has 1 aromatic rings. The van der Waals surface area contributed by atoms with Crippen LogP contribution in [0.15, 0.2) is 29.2 Å². The van der Waals surface area contributed by atoms with E-state index in [2.05, 4.69) is 0 Å². The molecule has 0 aliphatic rings. The Balaban J connectivity index is 2.62. The molecule has 0 N–H and O–H groups in total. The van der Waals surface area contributed by atoms with Gasteiger partial charge in [0, 0.05) is 10.5 Å². The highest BCUT2D eigenvalue weighted by Crippen LogP contribution is 2.24. The van der Waals surface area contributed by atoms with Crippen LogP contribution in [0.3, 0.4) is 0 Å². The molecule has 1 aromatic carbocycles. The quantitative estimate of drug-likeness (QED) is 0.349. The fourth-order valence-corrected chi connectivity index (χ4v) is 2.38. The van der Waals surface area contributed by atoms with Gasteiger partial charge in [-0.05, 0) is 32.9 Å². The zero-order valence-corrected chi connectivity index (χ0v) is 12.8. The van der Waals surface area contributed by atoms with E-state index in [9.17, 15) is 9.59 Å². The summed E-state index contributed by atoms with van der Waals surface area (Å²) in [4.78, 5) is 23.9. The van der Waals surface area contributed by atoms with Gasteiger partial charge in [0.05, 0.1) is 12.0 Å². The van der Waals surface area contributed by atoms with Crippen LogP contribution in [0, 0.1) is 0 Å². The van der Waals surface area contributed by atoms with Crippen LogP contribution >= 0.6 is 23.4 Å². The molecule has 1 unspecified atom stereocenters. The summed E-state index contributed by atoms with van der Waals surface area (Å²) in [6.45, 7) is 5.44. The fourth-order valence-electron chi connectivity index (χ4n) is 1.38. The number of ether oxygens (including phenoxy) is 1. The molecule has 5 heteroatoms. The minimum absolute atomic E-state index is 0.0242. The standard InChI is InChI=1S/C14H17ClO3S/c1-9(2)18-14(17)10(3)19-12-6-4-11(5-7-12)13(16)8-15/h4-7,9-10H,8H2,1-3H3. The van der Waals surface area contributed by atoms with E-state index in [0.717, 1.165) is 4.90 Å². The molecule has 0 aliphatic carbocycles. The average molecular weight is 301 g/mol. The van der Waals surface area contributed by atoms with Crippen LogP contribution in [0.5, 0.6) is 0 Å². The van der Waals surface area contributed by atoms with Gasteiger partial charge in [-0.3, -0.25) is 9.59 Å². The Hall–Kier alpha value is -1.00. The predicted molar refractivity (Wildman–Crippen MR) is 78.0 cm³/mol. The molecule has 19 heavy (non-hydrogen) atoms. The van der Waals surface area contributed by atoms with E-state index in [4.69, 9.17) is 16.3 Å². The van der Waals surface area contributed by atoms with Crippen molar-refractivity contribution >= 4 is 35.1 Å². The first-order valence-electron chi connectivity index (χ1n) is 6.00. The second-order valence-corrected chi connectivity index (χ2v) is 6.01. The SMILES string of the molecule is CC(C)OC(=O)C(C)Sc1ccc(C(=O)CCl)cc1. The zero-order chi connectivity index (χ0) is 14.4. The lowest BCUT2D eigenvalue weighted by Crippen LogP contribution is -2.20. The third-order valence-corrected chi connectivity index (χ3v) is 3.63.